The van der Waals surface area contributed by atoms with Crippen molar-refractivity contribution in [3.8, 4) is 11.5 Å². The third-order valence-corrected chi connectivity index (χ3v) is 5.72. The lowest BCUT2D eigenvalue weighted by molar-refractivity contribution is -0.137. The molecule has 0 radical (unpaired) electrons. The van der Waals surface area contributed by atoms with E-state index in [-0.39, 0.29) is 18.1 Å². The molecule has 0 saturated carbocycles. The minimum absolute atomic E-state index is 0.103. The van der Waals surface area contributed by atoms with Gasteiger partial charge in [-0.1, -0.05) is 30.3 Å². The normalized spacial score (nSPS) is 13.4. The van der Waals surface area contributed by atoms with Gasteiger partial charge in [0, 0.05) is 31.0 Å². The molecule has 1 aliphatic heterocycles. The molecule has 0 aliphatic carbocycles. The van der Waals surface area contributed by atoms with Crippen LogP contribution < -0.4 is 19.7 Å². The van der Waals surface area contributed by atoms with Crippen LogP contribution in [0, 0.1) is 0 Å². The molecule has 1 heterocycles. The van der Waals surface area contributed by atoms with Crippen LogP contribution in [0.25, 0.3) is 5.57 Å². The molecule has 0 bridgehead atoms. The summed E-state index contributed by atoms with van der Waals surface area (Å²) in [7, 11) is 7.07. The van der Waals surface area contributed by atoms with Crippen molar-refractivity contribution in [1.29, 1.82) is 0 Å². The van der Waals surface area contributed by atoms with Crippen LogP contribution in [-0.2, 0) is 16.1 Å². The van der Waals surface area contributed by atoms with Crippen LogP contribution in [0.5, 0.6) is 11.5 Å². The fraction of sp³-hybridized carbons (Fsp3) is 0.185. The molecule has 1 aliphatic rings. The lowest BCUT2D eigenvalue weighted by atomic mass is 10.0. The van der Waals surface area contributed by atoms with Crippen molar-refractivity contribution in [2.75, 3.05) is 38.5 Å². The highest BCUT2D eigenvalue weighted by Gasteiger charge is 2.39. The summed E-state index contributed by atoms with van der Waals surface area (Å²) in [5.74, 6) is 0.530. The Hall–Kier alpha value is -4.26. The van der Waals surface area contributed by atoms with Gasteiger partial charge in [-0.15, -0.1) is 0 Å². The Bertz CT molecular complexity index is 1230. The first-order chi connectivity index (χ1) is 16.4. The van der Waals surface area contributed by atoms with Crippen LogP contribution >= 0.6 is 0 Å². The highest BCUT2D eigenvalue weighted by Crippen LogP contribution is 2.33. The molecular weight excluding hydrogens is 430 g/mol. The lowest BCUT2D eigenvalue weighted by Crippen LogP contribution is -2.32. The number of rotatable bonds is 8. The van der Waals surface area contributed by atoms with Gasteiger partial charge in [0.25, 0.3) is 11.8 Å². The number of amides is 2. The number of anilines is 2. The van der Waals surface area contributed by atoms with E-state index in [0.29, 0.717) is 28.3 Å². The molecule has 0 aromatic heterocycles. The first-order valence-corrected chi connectivity index (χ1v) is 10.8. The topological polar surface area (TPSA) is 71.1 Å². The maximum Gasteiger partial charge on any atom is 0.278 e. The fourth-order valence-corrected chi connectivity index (χ4v) is 3.85. The number of hydrogen-bond acceptors (Lipinski definition) is 6. The van der Waals surface area contributed by atoms with E-state index in [4.69, 9.17) is 9.47 Å². The van der Waals surface area contributed by atoms with Gasteiger partial charge < -0.3 is 19.7 Å². The van der Waals surface area contributed by atoms with E-state index in [1.807, 2.05) is 67.5 Å². The van der Waals surface area contributed by atoms with E-state index in [2.05, 4.69) is 5.32 Å². The van der Waals surface area contributed by atoms with Gasteiger partial charge in [0.2, 0.25) is 0 Å². The number of para-hydroxylation sites is 1. The standard InChI is InChI=1S/C27H27N3O4/c1-29(2)21-13-11-20(12-14-21)28-25-24(18-9-15-22(33-3)16-10-18)26(31)30(27(25)32)17-19-7-5-6-8-23(19)34-4/h5-16,28H,17H2,1-4H3. The average molecular weight is 458 g/mol. The van der Waals surface area contributed by atoms with Crippen LogP contribution in [0.2, 0.25) is 0 Å². The number of methoxy groups -OCH3 is 2. The fourth-order valence-electron chi connectivity index (χ4n) is 3.85. The minimum atomic E-state index is -0.390. The van der Waals surface area contributed by atoms with Crippen LogP contribution in [0.15, 0.2) is 78.5 Å². The van der Waals surface area contributed by atoms with E-state index in [0.717, 1.165) is 11.3 Å². The maximum atomic E-state index is 13.5. The van der Waals surface area contributed by atoms with Crippen LogP contribution in [0.1, 0.15) is 11.1 Å². The second-order valence-corrected chi connectivity index (χ2v) is 8.05. The van der Waals surface area contributed by atoms with Crippen molar-refractivity contribution in [3.63, 3.8) is 0 Å². The molecule has 0 spiro atoms. The second kappa shape index (κ2) is 9.70. The molecule has 3 aromatic rings. The smallest absolute Gasteiger partial charge is 0.278 e. The Morgan fingerprint density at radius 1 is 0.824 bits per heavy atom. The van der Waals surface area contributed by atoms with Crippen molar-refractivity contribution in [2.24, 2.45) is 0 Å². The summed E-state index contributed by atoms with van der Waals surface area (Å²) in [4.78, 5) is 30.3. The first-order valence-electron chi connectivity index (χ1n) is 10.8. The molecule has 2 amide bonds. The zero-order chi connectivity index (χ0) is 24.2. The summed E-state index contributed by atoms with van der Waals surface area (Å²) in [6.07, 6.45) is 0. The molecule has 1 N–H and O–H groups in total. The van der Waals surface area contributed by atoms with Crippen LogP contribution in [0.3, 0.4) is 0 Å². The Balaban J connectivity index is 1.72. The van der Waals surface area contributed by atoms with Crippen molar-refractivity contribution in [1.82, 2.24) is 4.90 Å². The van der Waals surface area contributed by atoms with E-state index in [9.17, 15) is 9.59 Å². The Labute approximate surface area is 199 Å². The number of ether oxygens (including phenoxy) is 2. The SMILES string of the molecule is COc1ccc(C2=C(Nc3ccc(N(C)C)cc3)C(=O)N(Cc3ccccc3OC)C2=O)cc1. The summed E-state index contributed by atoms with van der Waals surface area (Å²) in [5, 5.41) is 3.20. The van der Waals surface area contributed by atoms with Gasteiger partial charge in [0.05, 0.1) is 26.3 Å². The number of imide groups is 1. The van der Waals surface area contributed by atoms with E-state index < -0.39 is 5.91 Å². The van der Waals surface area contributed by atoms with Gasteiger partial charge in [-0.2, -0.15) is 0 Å². The monoisotopic (exact) mass is 457 g/mol. The molecule has 34 heavy (non-hydrogen) atoms. The van der Waals surface area contributed by atoms with Crippen molar-refractivity contribution in [2.45, 2.75) is 6.54 Å². The number of benzene rings is 3. The molecule has 7 nitrogen and oxygen atoms in total. The second-order valence-electron chi connectivity index (χ2n) is 8.05. The molecule has 7 heteroatoms. The molecule has 174 valence electrons. The van der Waals surface area contributed by atoms with Crippen molar-refractivity contribution >= 4 is 28.8 Å². The summed E-state index contributed by atoms with van der Waals surface area (Å²) in [6, 6.07) is 22.1. The summed E-state index contributed by atoms with van der Waals surface area (Å²) in [5.41, 5.74) is 3.68. The Morgan fingerprint density at radius 2 is 1.50 bits per heavy atom. The zero-order valence-electron chi connectivity index (χ0n) is 19.7. The van der Waals surface area contributed by atoms with Gasteiger partial charge in [-0.25, -0.2) is 0 Å². The molecule has 0 unspecified atom stereocenters. The van der Waals surface area contributed by atoms with Gasteiger partial charge in [-0.3, -0.25) is 14.5 Å². The third-order valence-electron chi connectivity index (χ3n) is 5.72. The van der Waals surface area contributed by atoms with E-state index in [1.165, 1.54) is 4.90 Å². The molecular formula is C27H27N3O4. The van der Waals surface area contributed by atoms with Gasteiger partial charge in [-0.05, 0) is 48.0 Å². The summed E-state index contributed by atoms with van der Waals surface area (Å²) < 4.78 is 10.7. The third kappa shape index (κ3) is 4.45. The van der Waals surface area contributed by atoms with Gasteiger partial charge >= 0.3 is 0 Å². The largest absolute Gasteiger partial charge is 0.497 e. The highest BCUT2D eigenvalue weighted by molar-refractivity contribution is 6.36. The summed E-state index contributed by atoms with van der Waals surface area (Å²) >= 11 is 0. The zero-order valence-corrected chi connectivity index (χ0v) is 19.7. The minimum Gasteiger partial charge on any atom is -0.497 e. The number of nitrogens with one attached hydrogen (secondary N) is 1. The van der Waals surface area contributed by atoms with Crippen LogP contribution in [0.4, 0.5) is 11.4 Å². The van der Waals surface area contributed by atoms with E-state index >= 15 is 0 Å². The van der Waals surface area contributed by atoms with Gasteiger partial charge in [0.1, 0.15) is 17.2 Å². The molecule has 0 fully saturated rings. The maximum absolute atomic E-state index is 13.5. The van der Waals surface area contributed by atoms with E-state index in [1.54, 1.807) is 38.5 Å². The van der Waals surface area contributed by atoms with Crippen molar-refractivity contribution in [3.05, 3.63) is 89.6 Å². The summed E-state index contributed by atoms with van der Waals surface area (Å²) in [6.45, 7) is 0.103. The Morgan fingerprint density at radius 3 is 2.12 bits per heavy atom. The average Bonchev–Trinajstić information content (AvgIpc) is 3.09. The molecule has 0 atom stereocenters. The quantitative estimate of drug-likeness (QED) is 0.512. The Kier molecular flexibility index (Phi) is 6.54. The number of carbonyl (C=O) groups is 2. The van der Waals surface area contributed by atoms with Crippen molar-refractivity contribution < 1.29 is 19.1 Å². The highest BCUT2D eigenvalue weighted by atomic mass is 16.5. The lowest BCUT2D eigenvalue weighted by Gasteiger charge is -2.17. The molecule has 0 saturated heterocycles. The number of hydrogen-bond donors (Lipinski definition) is 1. The molecule has 4 rings (SSSR count). The van der Waals surface area contributed by atoms with Gasteiger partial charge in [0.15, 0.2) is 0 Å². The van der Waals surface area contributed by atoms with Crippen LogP contribution in [-0.4, -0.2) is 45.0 Å². The first kappa shape index (κ1) is 22.9. The molecule has 3 aromatic carbocycles. The number of carbonyl (C=O) groups excluding carboxylic acids is 2. The predicted octanol–water partition coefficient (Wildman–Crippen LogP) is 4.16. The predicted molar refractivity (Wildman–Crippen MR) is 133 cm³/mol. The number of nitrogens with zero attached hydrogens (tertiary/aromatic N) is 2.